The fraction of sp³-hybridized carbons (Fsp3) is 0.125. The van der Waals surface area contributed by atoms with E-state index in [9.17, 15) is 22.8 Å². The lowest BCUT2D eigenvalue weighted by Crippen LogP contribution is -2.23. The first-order valence-electron chi connectivity index (χ1n) is 6.84. The molecule has 0 aromatic heterocycles. The number of hydrogen-bond donors (Lipinski definition) is 4. The molecule has 25 heavy (non-hydrogen) atoms. The number of nitrogen functional groups attached to an aromatic ring is 2. The summed E-state index contributed by atoms with van der Waals surface area (Å²) in [6.07, 6.45) is -4.73. The molecule has 2 aromatic rings. The Morgan fingerprint density at radius 1 is 0.840 bits per heavy atom. The monoisotopic (exact) mass is 354 g/mol. The van der Waals surface area contributed by atoms with Crippen LogP contribution in [0.5, 0.6) is 0 Å². The number of alkyl halides is 3. The van der Waals surface area contributed by atoms with E-state index in [1.165, 1.54) is 0 Å². The summed E-state index contributed by atoms with van der Waals surface area (Å²) in [5.41, 5.74) is 9.24. The lowest BCUT2D eigenvalue weighted by atomic mass is 9.88. The molecular weight excluding hydrogens is 341 g/mol. The molecule has 0 amide bonds. The first-order valence-corrected chi connectivity index (χ1v) is 6.84. The van der Waals surface area contributed by atoms with Crippen LogP contribution in [0.4, 0.5) is 24.5 Å². The van der Waals surface area contributed by atoms with E-state index in [2.05, 4.69) is 0 Å². The Kier molecular flexibility index (Phi) is 4.60. The maximum atomic E-state index is 13.6. The summed E-state index contributed by atoms with van der Waals surface area (Å²) in [6, 6.07) is 5.87. The van der Waals surface area contributed by atoms with Crippen molar-refractivity contribution in [1.82, 2.24) is 0 Å². The molecule has 6 nitrogen and oxygen atoms in total. The zero-order valence-corrected chi connectivity index (χ0v) is 12.5. The predicted molar refractivity (Wildman–Crippen MR) is 83.5 cm³/mol. The van der Waals surface area contributed by atoms with Gasteiger partial charge in [0.05, 0.1) is 11.1 Å². The molecular formula is C16H13F3N2O4. The van der Waals surface area contributed by atoms with Gasteiger partial charge in [-0.05, 0) is 35.4 Å². The Balaban J connectivity index is 2.59. The van der Waals surface area contributed by atoms with Crippen LogP contribution in [0, 0.1) is 0 Å². The summed E-state index contributed by atoms with van der Waals surface area (Å²) in [6.45, 7) is 0. The van der Waals surface area contributed by atoms with Gasteiger partial charge in [0.2, 0.25) is 0 Å². The number of nitrogens with two attached hydrogens (primary N) is 2. The standard InChI is InChI=1S/C16H13F3N2O4/c17-16(18,19)13(7-1-3-9(14(22)23)11(20)5-7)8-2-4-10(15(24)25)12(21)6-8/h1-6,13H,20-21H2,(H,22,23)(H,24,25). The van der Waals surface area contributed by atoms with Gasteiger partial charge in [0, 0.05) is 11.4 Å². The first kappa shape index (κ1) is 18.1. The second-order valence-electron chi connectivity index (χ2n) is 5.28. The topological polar surface area (TPSA) is 127 Å². The highest BCUT2D eigenvalue weighted by Crippen LogP contribution is 2.41. The zero-order chi connectivity index (χ0) is 18.9. The van der Waals surface area contributed by atoms with E-state index in [-0.39, 0.29) is 33.6 Å². The molecule has 9 heteroatoms. The number of carboxylic acids is 2. The normalized spacial score (nSPS) is 11.5. The van der Waals surface area contributed by atoms with E-state index in [1.807, 2.05) is 0 Å². The molecule has 2 rings (SSSR count). The summed E-state index contributed by atoms with van der Waals surface area (Å²) >= 11 is 0. The molecule has 0 aliphatic carbocycles. The maximum Gasteiger partial charge on any atom is 0.399 e. The molecule has 0 saturated heterocycles. The van der Waals surface area contributed by atoms with Crippen LogP contribution >= 0.6 is 0 Å². The highest BCUT2D eigenvalue weighted by atomic mass is 19.4. The van der Waals surface area contributed by atoms with Crippen molar-refractivity contribution in [3.05, 3.63) is 58.7 Å². The van der Waals surface area contributed by atoms with E-state index < -0.39 is 24.0 Å². The summed E-state index contributed by atoms with van der Waals surface area (Å²) in [5, 5.41) is 17.8. The van der Waals surface area contributed by atoms with Gasteiger partial charge in [-0.3, -0.25) is 0 Å². The summed E-state index contributed by atoms with van der Waals surface area (Å²) < 4.78 is 40.7. The van der Waals surface area contributed by atoms with Crippen LogP contribution in [0.2, 0.25) is 0 Å². The molecule has 0 spiro atoms. The molecule has 0 atom stereocenters. The number of anilines is 2. The van der Waals surface area contributed by atoms with Crippen LogP contribution < -0.4 is 11.5 Å². The van der Waals surface area contributed by atoms with Gasteiger partial charge in [0.15, 0.2) is 0 Å². The lowest BCUT2D eigenvalue weighted by molar-refractivity contribution is -0.141. The minimum atomic E-state index is -4.73. The van der Waals surface area contributed by atoms with E-state index in [0.29, 0.717) is 0 Å². The maximum absolute atomic E-state index is 13.6. The van der Waals surface area contributed by atoms with Crippen LogP contribution in [0.3, 0.4) is 0 Å². The van der Waals surface area contributed by atoms with Crippen LogP contribution in [0.1, 0.15) is 37.8 Å². The lowest BCUT2D eigenvalue weighted by Gasteiger charge is -2.22. The SMILES string of the molecule is Nc1cc(C(c2ccc(C(=O)O)c(N)c2)C(F)(F)F)ccc1C(=O)O. The molecule has 0 unspecified atom stereocenters. The summed E-state index contributed by atoms with van der Waals surface area (Å²) in [4.78, 5) is 21.9. The Bertz CT molecular complexity index is 786. The Morgan fingerprint density at radius 3 is 1.44 bits per heavy atom. The number of carbonyl (C=O) groups is 2. The predicted octanol–water partition coefficient (Wildman–Crippen LogP) is 2.94. The second-order valence-corrected chi connectivity index (χ2v) is 5.28. The summed E-state index contributed by atoms with van der Waals surface area (Å²) in [7, 11) is 0. The van der Waals surface area contributed by atoms with Crippen LogP contribution in [-0.4, -0.2) is 28.3 Å². The Labute approximate surface area is 139 Å². The van der Waals surface area contributed by atoms with Crippen molar-refractivity contribution in [3.63, 3.8) is 0 Å². The van der Waals surface area contributed by atoms with Crippen molar-refractivity contribution in [3.8, 4) is 0 Å². The van der Waals surface area contributed by atoms with Gasteiger partial charge in [0.25, 0.3) is 0 Å². The molecule has 0 fully saturated rings. The number of carboxylic acid groups (broad SMARTS) is 2. The van der Waals surface area contributed by atoms with Crippen LogP contribution in [0.15, 0.2) is 36.4 Å². The zero-order valence-electron chi connectivity index (χ0n) is 12.5. The number of rotatable bonds is 4. The highest BCUT2D eigenvalue weighted by Gasteiger charge is 2.42. The fourth-order valence-electron chi connectivity index (χ4n) is 2.48. The number of hydrogen-bond acceptors (Lipinski definition) is 4. The smallest absolute Gasteiger partial charge is 0.399 e. The average molecular weight is 354 g/mol. The molecule has 6 N–H and O–H groups in total. The first-order chi connectivity index (χ1) is 11.5. The van der Waals surface area contributed by atoms with Crippen molar-refractivity contribution >= 4 is 23.3 Å². The highest BCUT2D eigenvalue weighted by molar-refractivity contribution is 5.94. The van der Waals surface area contributed by atoms with Crippen LogP contribution in [0.25, 0.3) is 0 Å². The molecule has 0 radical (unpaired) electrons. The van der Waals surface area contributed by atoms with E-state index in [4.69, 9.17) is 21.7 Å². The minimum absolute atomic E-state index is 0.280. The van der Waals surface area contributed by atoms with E-state index >= 15 is 0 Å². The average Bonchev–Trinajstić information content (AvgIpc) is 2.45. The van der Waals surface area contributed by atoms with Gasteiger partial charge in [-0.2, -0.15) is 13.2 Å². The fourth-order valence-corrected chi connectivity index (χ4v) is 2.48. The van der Waals surface area contributed by atoms with Gasteiger partial charge in [-0.25, -0.2) is 9.59 Å². The van der Waals surface area contributed by atoms with Gasteiger partial charge in [-0.15, -0.1) is 0 Å². The van der Waals surface area contributed by atoms with Crippen molar-refractivity contribution in [1.29, 1.82) is 0 Å². The van der Waals surface area contributed by atoms with E-state index in [1.54, 1.807) is 0 Å². The molecule has 0 aliphatic heterocycles. The third-order valence-corrected chi connectivity index (χ3v) is 3.61. The Morgan fingerprint density at radius 2 is 1.20 bits per heavy atom. The van der Waals surface area contributed by atoms with Crippen molar-refractivity contribution in [2.75, 3.05) is 11.5 Å². The van der Waals surface area contributed by atoms with Gasteiger partial charge >= 0.3 is 18.1 Å². The minimum Gasteiger partial charge on any atom is -0.478 e. The number of aromatic carboxylic acids is 2. The Hall–Kier alpha value is -3.23. The molecule has 0 bridgehead atoms. The number of benzene rings is 2. The van der Waals surface area contributed by atoms with Crippen molar-refractivity contribution in [2.45, 2.75) is 12.1 Å². The third-order valence-electron chi connectivity index (χ3n) is 3.61. The van der Waals surface area contributed by atoms with Gasteiger partial charge < -0.3 is 21.7 Å². The summed E-state index contributed by atoms with van der Waals surface area (Å²) in [5.74, 6) is -4.85. The van der Waals surface area contributed by atoms with E-state index in [0.717, 1.165) is 36.4 Å². The molecule has 0 saturated carbocycles. The molecule has 132 valence electrons. The van der Waals surface area contributed by atoms with Crippen LogP contribution in [-0.2, 0) is 0 Å². The van der Waals surface area contributed by atoms with Crippen molar-refractivity contribution in [2.24, 2.45) is 0 Å². The van der Waals surface area contributed by atoms with Gasteiger partial charge in [0.1, 0.15) is 5.92 Å². The largest absolute Gasteiger partial charge is 0.478 e. The quantitative estimate of drug-likeness (QED) is 0.625. The molecule has 2 aromatic carbocycles. The second kappa shape index (κ2) is 6.34. The molecule has 0 heterocycles. The van der Waals surface area contributed by atoms with Crippen molar-refractivity contribution < 1.29 is 33.0 Å². The number of halogens is 3. The molecule has 0 aliphatic rings. The third kappa shape index (κ3) is 3.65. The van der Waals surface area contributed by atoms with Gasteiger partial charge in [-0.1, -0.05) is 12.1 Å².